The van der Waals surface area contributed by atoms with Crippen molar-refractivity contribution in [3.05, 3.63) is 0 Å². The molecule has 0 aromatic heterocycles. The van der Waals surface area contributed by atoms with Crippen LogP contribution in [0, 0.1) is 0 Å². The third kappa shape index (κ3) is 8.61. The van der Waals surface area contributed by atoms with Gasteiger partial charge in [0, 0.05) is 47.8 Å². The molecule has 0 saturated carbocycles. The molecule has 0 bridgehead atoms. The molecule has 2 heterocycles. The summed E-state index contributed by atoms with van der Waals surface area (Å²) in [4.78, 5) is 0. The Morgan fingerprint density at radius 3 is 0.972 bits per heavy atom. The summed E-state index contributed by atoms with van der Waals surface area (Å²) in [5, 5.41) is 28.2. The van der Waals surface area contributed by atoms with E-state index in [0.717, 1.165) is 34.6 Å². The quantitative estimate of drug-likeness (QED) is 0.251. The first kappa shape index (κ1) is 36.7. The Balaban J connectivity index is 0.00000612. The van der Waals surface area contributed by atoms with Crippen LogP contribution in [-0.2, 0) is 10.4 Å². The molecule has 0 amide bonds. The van der Waals surface area contributed by atoms with Crippen LogP contribution in [0.5, 0.6) is 0 Å². The van der Waals surface area contributed by atoms with E-state index < -0.39 is 0 Å². The number of nitrogens with zero attached hydrogens (tertiary/aromatic N) is 4. The Hall–Kier alpha value is 0.720. The van der Waals surface area contributed by atoms with Crippen LogP contribution >= 0.6 is 0 Å². The van der Waals surface area contributed by atoms with Gasteiger partial charge in [0.1, 0.15) is 0 Å². The van der Waals surface area contributed by atoms with E-state index >= 15 is 0 Å². The molecule has 8 heteroatoms. The van der Waals surface area contributed by atoms with E-state index in [1.54, 1.807) is 0 Å². The number of hydrogen-bond donors (Lipinski definition) is 0. The van der Waals surface area contributed by atoms with Crippen molar-refractivity contribution in [2.75, 3.05) is 41.3 Å². The van der Waals surface area contributed by atoms with Crippen LogP contribution in [0.4, 0.5) is 0 Å². The zero-order valence-corrected chi connectivity index (χ0v) is 28.8. The van der Waals surface area contributed by atoms with Gasteiger partial charge in [0.15, 0.2) is 0 Å². The van der Waals surface area contributed by atoms with E-state index in [1.807, 2.05) is 0 Å². The van der Waals surface area contributed by atoms with Gasteiger partial charge in [-0.1, -0.05) is 0 Å². The topological polar surface area (TPSA) is 46.3 Å². The first-order valence-electron chi connectivity index (χ1n) is 13.7. The Morgan fingerprint density at radius 1 is 0.528 bits per heavy atom. The highest BCUT2D eigenvalue weighted by molar-refractivity contribution is 4.97. The molecule has 36 heavy (non-hydrogen) atoms. The highest BCUT2D eigenvalue weighted by Gasteiger charge is 2.52. The first-order valence-corrected chi connectivity index (χ1v) is 13.7. The van der Waals surface area contributed by atoms with Gasteiger partial charge < -0.3 is 42.9 Å². The number of rotatable bonds is 9. The fourth-order valence-electron chi connectivity index (χ4n) is 7.17. The molecule has 0 aromatic carbocycles. The van der Waals surface area contributed by atoms with Crippen molar-refractivity contribution in [1.29, 1.82) is 0 Å². The minimum atomic E-state index is -0.295. The highest BCUT2D eigenvalue weighted by atomic mass is 79.9. The minimum Gasteiger partial charge on any atom is -1.00 e. The van der Waals surface area contributed by atoms with Crippen molar-refractivity contribution in [3.63, 3.8) is 0 Å². The maximum absolute atomic E-state index is 12.7. The van der Waals surface area contributed by atoms with Gasteiger partial charge in [-0.25, -0.2) is 0 Å². The van der Waals surface area contributed by atoms with Crippen molar-refractivity contribution in [2.24, 2.45) is 0 Å². The summed E-state index contributed by atoms with van der Waals surface area (Å²) in [6.07, 6.45) is 8.89. The predicted molar refractivity (Wildman–Crippen MR) is 140 cm³/mol. The molecule has 0 N–H and O–H groups in total. The van der Waals surface area contributed by atoms with E-state index in [2.05, 4.69) is 83.6 Å². The van der Waals surface area contributed by atoms with Crippen molar-refractivity contribution in [3.8, 4) is 0 Å². The van der Waals surface area contributed by atoms with E-state index in [1.165, 1.54) is 48.9 Å². The van der Waals surface area contributed by atoms with Crippen LogP contribution < -0.4 is 34.0 Å². The van der Waals surface area contributed by atoms with E-state index in [9.17, 15) is 10.4 Å². The molecule has 2 rings (SSSR count). The zero-order valence-electron chi connectivity index (χ0n) is 25.6. The summed E-state index contributed by atoms with van der Waals surface area (Å²) in [7, 11) is 9.46. The van der Waals surface area contributed by atoms with Gasteiger partial charge in [-0.05, 0) is 81.1 Å². The van der Waals surface area contributed by atoms with Crippen LogP contribution in [0.1, 0.15) is 107 Å². The lowest BCUT2D eigenvalue weighted by molar-refractivity contribution is -0.919. The smallest absolute Gasteiger partial charge is 0.0923 e. The van der Waals surface area contributed by atoms with Crippen LogP contribution in [0.2, 0.25) is 0 Å². The summed E-state index contributed by atoms with van der Waals surface area (Å²) in [6.45, 7) is 19.2. The molecule has 6 nitrogen and oxygen atoms in total. The number of hydrogen-bond acceptors (Lipinski definition) is 2. The van der Waals surface area contributed by atoms with Crippen molar-refractivity contribution in [1.82, 2.24) is 10.1 Å². The van der Waals surface area contributed by atoms with Crippen molar-refractivity contribution < 1.29 is 53.3 Å². The molecule has 2 fully saturated rings. The SMILES string of the molecule is CC1(C)CC([N+](C)(C)CCCCCC[N+](C)(C)C2CC(C)(C)N([O])C(C)(C)C2)CC(C)(C)N1[O].[Br-].[Br-]. The lowest BCUT2D eigenvalue weighted by atomic mass is 9.77. The van der Waals surface area contributed by atoms with Gasteiger partial charge in [0.05, 0.1) is 53.4 Å². The second-order valence-corrected chi connectivity index (χ2v) is 15.4. The second-order valence-electron chi connectivity index (χ2n) is 15.4. The Labute approximate surface area is 245 Å². The first-order chi connectivity index (χ1) is 15.1. The third-order valence-corrected chi connectivity index (χ3v) is 9.34. The van der Waals surface area contributed by atoms with Crippen LogP contribution in [-0.4, -0.2) is 94.6 Å². The summed E-state index contributed by atoms with van der Waals surface area (Å²) in [6, 6.07) is 1.06. The number of hydroxylamine groups is 4. The molecule has 2 saturated heterocycles. The number of halogens is 2. The van der Waals surface area contributed by atoms with Crippen molar-refractivity contribution >= 4 is 0 Å². The normalized spacial score (nSPS) is 25.2. The Bertz CT molecular complexity index is 601. The molecule has 0 aromatic rings. The number of quaternary nitrogens is 2. The van der Waals surface area contributed by atoms with Gasteiger partial charge >= 0.3 is 0 Å². The molecular weight excluding hydrogens is 584 g/mol. The molecule has 2 radical (unpaired) electrons. The molecule has 2 aliphatic rings. The maximum Gasteiger partial charge on any atom is 0.0923 e. The van der Waals surface area contributed by atoms with E-state index in [0.29, 0.717) is 12.1 Å². The van der Waals surface area contributed by atoms with Gasteiger partial charge in [-0.15, -0.1) is 20.5 Å². The summed E-state index contributed by atoms with van der Waals surface area (Å²) >= 11 is 0. The summed E-state index contributed by atoms with van der Waals surface area (Å²) < 4.78 is 2.03. The van der Waals surface area contributed by atoms with Crippen molar-refractivity contribution in [2.45, 2.75) is 141 Å². The highest BCUT2D eigenvalue weighted by Crippen LogP contribution is 2.41. The minimum absolute atomic E-state index is 0. The molecule has 0 spiro atoms. The van der Waals surface area contributed by atoms with Gasteiger partial charge in [0.2, 0.25) is 0 Å². The number of unbranched alkanes of at least 4 members (excludes halogenated alkanes) is 3. The van der Waals surface area contributed by atoms with Gasteiger partial charge in [-0.2, -0.15) is 0 Å². The fraction of sp³-hybridized carbons (Fsp3) is 1.00. The zero-order chi connectivity index (χ0) is 26.4. The standard InChI is InChI=1S/C28H58N4O2.2BrH/c1-25(2)19-23(20-26(3,4)29(25)33)31(9,10)17-15-13-14-16-18-32(11,12)24-21-27(5,6)30(34)28(7,8)22-24;;/h23-24H,13-22H2,1-12H3;2*1H/q+2;;/p-2. The summed E-state index contributed by atoms with van der Waals surface area (Å²) in [5.74, 6) is 0. The molecule has 0 unspecified atom stereocenters. The van der Waals surface area contributed by atoms with Crippen LogP contribution in [0.15, 0.2) is 0 Å². The third-order valence-electron chi connectivity index (χ3n) is 9.34. The Kier molecular flexibility index (Phi) is 12.7. The molecule has 0 aliphatic carbocycles. The van der Waals surface area contributed by atoms with Crippen LogP contribution in [0.3, 0.4) is 0 Å². The molecule has 2 aliphatic heterocycles. The van der Waals surface area contributed by atoms with E-state index in [-0.39, 0.29) is 56.1 Å². The monoisotopic (exact) mass is 640 g/mol. The average Bonchev–Trinajstić information content (AvgIpc) is 2.65. The second kappa shape index (κ2) is 12.5. The lowest BCUT2D eigenvalue weighted by Crippen LogP contribution is -3.00. The number of piperidine rings is 2. The van der Waals surface area contributed by atoms with Crippen LogP contribution in [0.25, 0.3) is 0 Å². The maximum atomic E-state index is 12.7. The fourth-order valence-corrected chi connectivity index (χ4v) is 7.17. The molecule has 0 atom stereocenters. The van der Waals surface area contributed by atoms with Gasteiger partial charge in [0.25, 0.3) is 0 Å². The Morgan fingerprint density at radius 2 is 0.750 bits per heavy atom. The molecule has 216 valence electrons. The summed E-state index contributed by atoms with van der Waals surface area (Å²) in [5.41, 5.74) is -1.18. The predicted octanol–water partition coefficient (Wildman–Crippen LogP) is -0.558. The largest absolute Gasteiger partial charge is 1.00 e. The average molecular weight is 643 g/mol. The van der Waals surface area contributed by atoms with E-state index in [4.69, 9.17) is 0 Å². The molecular formula is C28H58Br2N4O2. The lowest BCUT2D eigenvalue weighted by Gasteiger charge is -2.53. The van der Waals surface area contributed by atoms with Gasteiger partial charge in [-0.3, -0.25) is 0 Å².